The number of carbonyl (C=O) groups is 1. The number of sulfonamides is 1. The predicted octanol–water partition coefficient (Wildman–Crippen LogP) is 4.98. The van der Waals surface area contributed by atoms with Crippen LogP contribution in [-0.2, 0) is 10.0 Å². The molecular weight excluding hydrogens is 442 g/mol. The van der Waals surface area contributed by atoms with E-state index in [0.29, 0.717) is 0 Å². The summed E-state index contributed by atoms with van der Waals surface area (Å²) in [6, 6.07) is 27.3. The van der Waals surface area contributed by atoms with Crippen LogP contribution in [0, 0.1) is 0 Å². The Morgan fingerprint density at radius 1 is 0.812 bits per heavy atom. The summed E-state index contributed by atoms with van der Waals surface area (Å²) in [5.74, 6) is -0.522. The number of carbonyl (C=O) groups excluding carboxylic acids is 1. The van der Waals surface area contributed by atoms with Crippen LogP contribution in [0.1, 0.15) is 15.9 Å². The van der Waals surface area contributed by atoms with Gasteiger partial charge in [-0.3, -0.25) is 9.52 Å². The first-order valence-corrected chi connectivity index (χ1v) is 12.0. The highest BCUT2D eigenvalue weighted by Crippen LogP contribution is 2.23. The lowest BCUT2D eigenvalue weighted by molar-refractivity contribution is 0.0956. The molecule has 4 rings (SSSR count). The molecule has 0 unspecified atom stereocenters. The minimum absolute atomic E-state index is 0.171. The molecule has 0 fully saturated rings. The number of hydrogen-bond donors (Lipinski definition) is 2. The fourth-order valence-corrected chi connectivity index (χ4v) is 5.07. The van der Waals surface area contributed by atoms with Gasteiger partial charge >= 0.3 is 0 Å². The molecule has 160 valence electrons. The van der Waals surface area contributed by atoms with Crippen molar-refractivity contribution in [3.8, 4) is 11.1 Å². The van der Waals surface area contributed by atoms with E-state index in [1.807, 2.05) is 54.6 Å². The molecule has 0 bridgehead atoms. The van der Waals surface area contributed by atoms with E-state index in [1.165, 1.54) is 24.4 Å². The van der Waals surface area contributed by atoms with Crippen molar-refractivity contribution in [2.75, 3.05) is 4.72 Å². The van der Waals surface area contributed by atoms with Gasteiger partial charge in [-0.05, 0) is 40.3 Å². The third-order valence-corrected chi connectivity index (χ3v) is 7.34. The van der Waals surface area contributed by atoms with Gasteiger partial charge in [-0.1, -0.05) is 72.8 Å². The largest absolute Gasteiger partial charge is 0.278 e. The molecule has 1 amide bonds. The van der Waals surface area contributed by atoms with Gasteiger partial charge in [-0.2, -0.15) is 5.10 Å². The van der Waals surface area contributed by atoms with Gasteiger partial charge in [-0.25, -0.2) is 13.8 Å². The molecule has 6 nitrogen and oxygen atoms in total. The molecule has 0 saturated carbocycles. The first-order valence-electron chi connectivity index (χ1n) is 9.67. The van der Waals surface area contributed by atoms with Gasteiger partial charge in [0.25, 0.3) is 15.9 Å². The zero-order valence-corrected chi connectivity index (χ0v) is 18.4. The molecule has 8 heteroatoms. The maximum Gasteiger partial charge on any atom is 0.273 e. The van der Waals surface area contributed by atoms with Crippen molar-refractivity contribution in [3.05, 3.63) is 108 Å². The van der Waals surface area contributed by atoms with Crippen molar-refractivity contribution in [2.24, 2.45) is 5.10 Å². The highest BCUT2D eigenvalue weighted by molar-refractivity contribution is 7.94. The molecule has 2 N–H and O–H groups in total. The van der Waals surface area contributed by atoms with Crippen LogP contribution < -0.4 is 10.1 Å². The van der Waals surface area contributed by atoms with Crippen LogP contribution in [0.5, 0.6) is 0 Å². The van der Waals surface area contributed by atoms with Gasteiger partial charge in [0.15, 0.2) is 0 Å². The summed E-state index contributed by atoms with van der Waals surface area (Å²) < 4.78 is 27.7. The molecule has 0 radical (unpaired) electrons. The van der Waals surface area contributed by atoms with Gasteiger partial charge in [0.05, 0.1) is 17.5 Å². The van der Waals surface area contributed by atoms with E-state index in [2.05, 4.69) is 15.2 Å². The second-order valence-electron chi connectivity index (χ2n) is 6.77. The topological polar surface area (TPSA) is 87.6 Å². The average molecular weight is 462 g/mol. The van der Waals surface area contributed by atoms with E-state index in [4.69, 9.17) is 0 Å². The number of hydrogen-bond acceptors (Lipinski definition) is 5. The summed E-state index contributed by atoms with van der Waals surface area (Å²) in [7, 11) is -3.77. The molecule has 3 aromatic carbocycles. The number of rotatable bonds is 7. The Labute approximate surface area is 190 Å². The molecule has 0 aliphatic rings. The number of nitrogens with zero attached hydrogens (tertiary/aromatic N) is 1. The summed E-state index contributed by atoms with van der Waals surface area (Å²) in [4.78, 5) is 12.6. The van der Waals surface area contributed by atoms with E-state index in [0.717, 1.165) is 28.0 Å². The third kappa shape index (κ3) is 5.11. The standard InChI is InChI=1S/C24H19N3O3S2/c28-24(21-9-4-5-10-22(21)27-32(29,30)23-11-6-16-31-23)26-25-17-18-12-14-20(15-13-18)19-7-2-1-3-8-19/h1-17,27H,(H,26,28). The number of thiophene rings is 1. The summed E-state index contributed by atoms with van der Waals surface area (Å²) in [5.41, 5.74) is 5.82. The lowest BCUT2D eigenvalue weighted by Crippen LogP contribution is -2.21. The van der Waals surface area contributed by atoms with E-state index in [9.17, 15) is 13.2 Å². The second kappa shape index (κ2) is 9.59. The second-order valence-corrected chi connectivity index (χ2v) is 9.63. The lowest BCUT2D eigenvalue weighted by Gasteiger charge is -2.10. The van der Waals surface area contributed by atoms with Crippen LogP contribution in [-0.4, -0.2) is 20.5 Å². The van der Waals surface area contributed by atoms with Crippen LogP contribution in [0.25, 0.3) is 11.1 Å². The fraction of sp³-hybridized carbons (Fsp3) is 0. The summed E-state index contributed by atoms with van der Waals surface area (Å²) in [6.07, 6.45) is 1.53. The number of para-hydroxylation sites is 1. The Bertz CT molecular complexity index is 1330. The Kier molecular flexibility index (Phi) is 6.44. The molecule has 0 aliphatic carbocycles. The lowest BCUT2D eigenvalue weighted by atomic mass is 10.0. The summed E-state index contributed by atoms with van der Waals surface area (Å²) in [6.45, 7) is 0. The Balaban J connectivity index is 1.44. The van der Waals surface area contributed by atoms with Gasteiger partial charge in [0.2, 0.25) is 0 Å². The van der Waals surface area contributed by atoms with Crippen molar-refractivity contribution in [2.45, 2.75) is 4.21 Å². The first-order chi connectivity index (χ1) is 15.5. The first kappa shape index (κ1) is 21.5. The third-order valence-electron chi connectivity index (χ3n) is 4.57. The number of hydrazone groups is 1. The summed E-state index contributed by atoms with van der Waals surface area (Å²) >= 11 is 1.10. The minimum Gasteiger partial charge on any atom is -0.278 e. The van der Waals surface area contributed by atoms with E-state index >= 15 is 0 Å². The Morgan fingerprint density at radius 2 is 1.50 bits per heavy atom. The van der Waals surface area contributed by atoms with Crippen LogP contribution in [0.15, 0.2) is 106 Å². The molecule has 32 heavy (non-hydrogen) atoms. The molecule has 0 atom stereocenters. The van der Waals surface area contributed by atoms with E-state index in [1.54, 1.807) is 23.6 Å². The zero-order valence-electron chi connectivity index (χ0n) is 16.8. The maximum atomic E-state index is 12.6. The predicted molar refractivity (Wildman–Crippen MR) is 129 cm³/mol. The van der Waals surface area contributed by atoms with Crippen LogP contribution in [0.4, 0.5) is 5.69 Å². The van der Waals surface area contributed by atoms with E-state index < -0.39 is 15.9 Å². The van der Waals surface area contributed by atoms with Crippen molar-refractivity contribution in [3.63, 3.8) is 0 Å². The quantitative estimate of drug-likeness (QED) is 0.301. The van der Waals surface area contributed by atoms with Crippen molar-refractivity contribution < 1.29 is 13.2 Å². The molecule has 0 aliphatic heterocycles. The van der Waals surface area contributed by atoms with E-state index in [-0.39, 0.29) is 15.5 Å². The van der Waals surface area contributed by atoms with Crippen molar-refractivity contribution >= 4 is 39.2 Å². The van der Waals surface area contributed by atoms with Crippen LogP contribution >= 0.6 is 11.3 Å². The van der Waals surface area contributed by atoms with Crippen LogP contribution in [0.2, 0.25) is 0 Å². The highest BCUT2D eigenvalue weighted by atomic mass is 32.2. The zero-order chi connectivity index (χ0) is 22.4. The molecule has 4 aromatic rings. The Hall–Kier alpha value is -3.75. The van der Waals surface area contributed by atoms with Gasteiger partial charge in [-0.15, -0.1) is 11.3 Å². The average Bonchev–Trinajstić information content (AvgIpc) is 3.36. The number of amides is 1. The van der Waals surface area contributed by atoms with Crippen molar-refractivity contribution in [1.82, 2.24) is 5.43 Å². The van der Waals surface area contributed by atoms with Crippen LogP contribution in [0.3, 0.4) is 0 Å². The van der Waals surface area contributed by atoms with Crippen molar-refractivity contribution in [1.29, 1.82) is 0 Å². The highest BCUT2D eigenvalue weighted by Gasteiger charge is 2.19. The summed E-state index contributed by atoms with van der Waals surface area (Å²) in [5, 5.41) is 5.68. The number of nitrogens with one attached hydrogen (secondary N) is 2. The maximum absolute atomic E-state index is 12.6. The van der Waals surface area contributed by atoms with Gasteiger partial charge in [0.1, 0.15) is 4.21 Å². The molecule has 1 heterocycles. The monoisotopic (exact) mass is 461 g/mol. The number of anilines is 1. The fourth-order valence-electron chi connectivity index (χ4n) is 3.00. The SMILES string of the molecule is O=C(NN=Cc1ccc(-c2ccccc2)cc1)c1ccccc1NS(=O)(=O)c1cccs1. The Morgan fingerprint density at radius 3 is 2.22 bits per heavy atom. The molecule has 0 saturated heterocycles. The smallest absolute Gasteiger partial charge is 0.273 e. The molecule has 0 spiro atoms. The minimum atomic E-state index is -3.77. The van der Waals surface area contributed by atoms with Gasteiger partial charge in [0, 0.05) is 0 Å². The molecule has 1 aromatic heterocycles. The molecular formula is C24H19N3O3S2. The number of benzene rings is 3. The van der Waals surface area contributed by atoms with Gasteiger partial charge < -0.3 is 0 Å². The normalized spacial score (nSPS) is 11.4.